The molecule has 1 heterocycles. The number of amides is 1. The molecule has 0 unspecified atom stereocenters. The topological polar surface area (TPSA) is 54.3 Å². The minimum absolute atomic E-state index is 0.120. The van der Waals surface area contributed by atoms with Crippen molar-refractivity contribution in [3.63, 3.8) is 0 Å². The molecule has 112 valence electrons. The number of aliphatic hydroxyl groups excluding tert-OH is 1. The van der Waals surface area contributed by atoms with Gasteiger partial charge in [-0.1, -0.05) is 29.8 Å². The first-order valence-electron chi connectivity index (χ1n) is 7.29. The van der Waals surface area contributed by atoms with Crippen LogP contribution in [0.15, 0.2) is 24.3 Å². The highest BCUT2D eigenvalue weighted by Gasteiger charge is 2.24. The molecule has 1 saturated carbocycles. The molecule has 0 aliphatic heterocycles. The second-order valence-corrected chi connectivity index (χ2v) is 6.10. The van der Waals surface area contributed by atoms with E-state index >= 15 is 0 Å². The summed E-state index contributed by atoms with van der Waals surface area (Å²) in [4.78, 5) is 12.5. The van der Waals surface area contributed by atoms with Gasteiger partial charge in [-0.15, -0.1) is 0 Å². The lowest BCUT2D eigenvalue weighted by molar-refractivity contribution is 0.0861. The molecule has 0 saturated heterocycles. The highest BCUT2D eigenvalue weighted by molar-refractivity contribution is 6.38. The molecule has 1 aliphatic rings. The van der Waals surface area contributed by atoms with Gasteiger partial charge < -0.3 is 15.0 Å². The lowest BCUT2D eigenvalue weighted by atomic mass is 9.93. The summed E-state index contributed by atoms with van der Waals surface area (Å²) in [5.41, 5.74) is 1.45. The fourth-order valence-electron chi connectivity index (χ4n) is 3.07. The molecule has 1 aromatic heterocycles. The van der Waals surface area contributed by atoms with Gasteiger partial charge in [-0.2, -0.15) is 0 Å². The van der Waals surface area contributed by atoms with E-state index in [-0.39, 0.29) is 18.1 Å². The predicted octanol–water partition coefficient (Wildman–Crippen LogP) is 2.87. The monoisotopic (exact) mass is 306 g/mol. The molecule has 1 amide bonds. The largest absolute Gasteiger partial charge is 0.393 e. The molecule has 4 nitrogen and oxygen atoms in total. The van der Waals surface area contributed by atoms with Crippen molar-refractivity contribution in [3.05, 3.63) is 35.0 Å². The number of aliphatic hydroxyl groups is 1. The fourth-order valence-corrected chi connectivity index (χ4v) is 3.45. The number of para-hydroxylation sites is 1. The van der Waals surface area contributed by atoms with Gasteiger partial charge in [0.05, 0.1) is 11.1 Å². The molecule has 2 aromatic rings. The SMILES string of the molecule is Cn1c(C(=O)NC2CCC(O)CC2)c(Cl)c2ccccc21. The Balaban J connectivity index is 1.85. The molecule has 0 bridgehead atoms. The number of carbonyl (C=O) groups is 1. The van der Waals surface area contributed by atoms with Crippen molar-refractivity contribution in [2.45, 2.75) is 37.8 Å². The Morgan fingerprint density at radius 1 is 1.29 bits per heavy atom. The first kappa shape index (κ1) is 14.4. The number of halogens is 1. The quantitative estimate of drug-likeness (QED) is 0.896. The van der Waals surface area contributed by atoms with E-state index in [2.05, 4.69) is 5.32 Å². The number of rotatable bonds is 2. The summed E-state index contributed by atoms with van der Waals surface area (Å²) >= 11 is 6.38. The Bertz CT molecular complexity index is 633. The number of nitrogens with one attached hydrogen (secondary N) is 1. The molecule has 1 aromatic carbocycles. The van der Waals surface area contributed by atoms with Crippen LogP contribution in [0.1, 0.15) is 36.2 Å². The zero-order chi connectivity index (χ0) is 15.0. The molecule has 5 heteroatoms. The molecule has 2 N–H and O–H groups in total. The third-order valence-electron chi connectivity index (χ3n) is 4.29. The van der Waals surface area contributed by atoms with Crippen LogP contribution in [0.3, 0.4) is 0 Å². The zero-order valence-electron chi connectivity index (χ0n) is 12.0. The first-order chi connectivity index (χ1) is 10.1. The smallest absolute Gasteiger partial charge is 0.269 e. The van der Waals surface area contributed by atoms with Gasteiger partial charge in [0, 0.05) is 24.0 Å². The zero-order valence-corrected chi connectivity index (χ0v) is 12.7. The minimum atomic E-state index is -0.223. The average molecular weight is 307 g/mol. The van der Waals surface area contributed by atoms with Crippen LogP contribution in [0, 0.1) is 0 Å². The van der Waals surface area contributed by atoms with Gasteiger partial charge in [-0.25, -0.2) is 0 Å². The summed E-state index contributed by atoms with van der Waals surface area (Å²) < 4.78 is 1.84. The molecule has 0 spiro atoms. The Kier molecular flexibility index (Phi) is 3.91. The van der Waals surface area contributed by atoms with E-state index in [1.165, 1.54) is 0 Å². The number of fused-ring (bicyclic) bond motifs is 1. The second-order valence-electron chi connectivity index (χ2n) is 5.72. The Labute approximate surface area is 128 Å². The maximum absolute atomic E-state index is 12.5. The molecule has 1 aliphatic carbocycles. The standard InChI is InChI=1S/C16H19ClN2O2/c1-19-13-5-3-2-4-12(13)14(17)15(19)16(21)18-10-6-8-11(20)9-7-10/h2-5,10-11,20H,6-9H2,1H3,(H,18,21). The lowest BCUT2D eigenvalue weighted by Gasteiger charge is -2.26. The van der Waals surface area contributed by atoms with Crippen LogP contribution in [0.25, 0.3) is 10.9 Å². The van der Waals surface area contributed by atoms with Crippen molar-refractivity contribution in [1.82, 2.24) is 9.88 Å². The maximum atomic E-state index is 12.5. The number of aromatic nitrogens is 1. The van der Waals surface area contributed by atoms with Crippen molar-refractivity contribution < 1.29 is 9.90 Å². The lowest BCUT2D eigenvalue weighted by Crippen LogP contribution is -2.39. The van der Waals surface area contributed by atoms with Crippen LogP contribution in [0.5, 0.6) is 0 Å². The van der Waals surface area contributed by atoms with Crippen molar-refractivity contribution >= 4 is 28.4 Å². The normalized spacial score (nSPS) is 22.4. The van der Waals surface area contributed by atoms with E-state index in [9.17, 15) is 9.90 Å². The molecule has 21 heavy (non-hydrogen) atoms. The van der Waals surface area contributed by atoms with Gasteiger partial charge in [0.25, 0.3) is 5.91 Å². The number of hydrogen-bond donors (Lipinski definition) is 2. The van der Waals surface area contributed by atoms with E-state index in [4.69, 9.17) is 11.6 Å². The molecule has 0 radical (unpaired) electrons. The first-order valence-corrected chi connectivity index (χ1v) is 7.67. The third kappa shape index (κ3) is 2.65. The van der Waals surface area contributed by atoms with Crippen LogP contribution in [-0.4, -0.2) is 27.7 Å². The summed E-state index contributed by atoms with van der Waals surface area (Å²) in [6, 6.07) is 7.84. The highest BCUT2D eigenvalue weighted by Crippen LogP contribution is 2.30. The van der Waals surface area contributed by atoms with E-state index < -0.39 is 0 Å². The summed E-state index contributed by atoms with van der Waals surface area (Å²) in [5.74, 6) is -0.139. The molecule has 3 rings (SSSR count). The van der Waals surface area contributed by atoms with E-state index in [1.54, 1.807) is 0 Å². The van der Waals surface area contributed by atoms with Crippen LogP contribution >= 0.6 is 11.6 Å². The average Bonchev–Trinajstić information content (AvgIpc) is 2.74. The fraction of sp³-hybridized carbons (Fsp3) is 0.438. The summed E-state index contributed by atoms with van der Waals surface area (Å²) in [6.07, 6.45) is 2.89. The number of carbonyl (C=O) groups excluding carboxylic acids is 1. The van der Waals surface area contributed by atoms with Gasteiger partial charge in [-0.3, -0.25) is 4.79 Å². The van der Waals surface area contributed by atoms with Crippen molar-refractivity contribution in [2.75, 3.05) is 0 Å². The summed E-state index contributed by atoms with van der Waals surface area (Å²) in [6.45, 7) is 0. The van der Waals surface area contributed by atoms with Gasteiger partial charge in [0.1, 0.15) is 5.69 Å². The minimum Gasteiger partial charge on any atom is -0.393 e. The van der Waals surface area contributed by atoms with Gasteiger partial charge in [-0.05, 0) is 31.7 Å². The van der Waals surface area contributed by atoms with Gasteiger partial charge in [0.2, 0.25) is 0 Å². The highest BCUT2D eigenvalue weighted by atomic mass is 35.5. The van der Waals surface area contributed by atoms with Crippen molar-refractivity contribution in [2.24, 2.45) is 7.05 Å². The third-order valence-corrected chi connectivity index (χ3v) is 4.67. The summed E-state index contributed by atoms with van der Waals surface area (Å²) in [5, 5.41) is 14.0. The van der Waals surface area contributed by atoms with Crippen LogP contribution in [-0.2, 0) is 7.05 Å². The number of aryl methyl sites for hydroxylation is 1. The number of benzene rings is 1. The predicted molar refractivity (Wildman–Crippen MR) is 83.7 cm³/mol. The Morgan fingerprint density at radius 3 is 2.62 bits per heavy atom. The second kappa shape index (κ2) is 5.70. The van der Waals surface area contributed by atoms with Crippen LogP contribution in [0.2, 0.25) is 5.02 Å². The molecular formula is C16H19ClN2O2. The van der Waals surface area contributed by atoms with Crippen LogP contribution in [0.4, 0.5) is 0 Å². The van der Waals surface area contributed by atoms with Crippen LogP contribution < -0.4 is 5.32 Å². The number of nitrogens with zero attached hydrogens (tertiary/aromatic N) is 1. The van der Waals surface area contributed by atoms with Crippen molar-refractivity contribution in [1.29, 1.82) is 0 Å². The van der Waals surface area contributed by atoms with Gasteiger partial charge >= 0.3 is 0 Å². The molecular weight excluding hydrogens is 288 g/mol. The van der Waals surface area contributed by atoms with E-state index in [0.717, 1.165) is 36.6 Å². The molecule has 1 fully saturated rings. The Morgan fingerprint density at radius 2 is 1.95 bits per heavy atom. The van der Waals surface area contributed by atoms with E-state index in [0.29, 0.717) is 10.7 Å². The van der Waals surface area contributed by atoms with E-state index in [1.807, 2.05) is 35.9 Å². The molecule has 0 atom stereocenters. The number of hydrogen-bond acceptors (Lipinski definition) is 2. The maximum Gasteiger partial charge on any atom is 0.269 e. The van der Waals surface area contributed by atoms with Gasteiger partial charge in [0.15, 0.2) is 0 Å². The Hall–Kier alpha value is -1.52. The summed E-state index contributed by atoms with van der Waals surface area (Å²) in [7, 11) is 1.85. The van der Waals surface area contributed by atoms with Crippen molar-refractivity contribution in [3.8, 4) is 0 Å².